The number of carbonyl (C=O) groups is 1. The van der Waals surface area contributed by atoms with Gasteiger partial charge in [-0.15, -0.1) is 0 Å². The summed E-state index contributed by atoms with van der Waals surface area (Å²) in [5.74, 6) is 0. The number of ether oxygens (including phenoxy) is 1. The fourth-order valence-electron chi connectivity index (χ4n) is 0.980. The third kappa shape index (κ3) is 3.60. The van der Waals surface area contributed by atoms with Crippen molar-refractivity contribution < 1.29 is 14.5 Å². The van der Waals surface area contributed by atoms with E-state index in [1.165, 1.54) is 12.2 Å². The van der Waals surface area contributed by atoms with Gasteiger partial charge in [-0.1, -0.05) is 30.3 Å². The first-order chi connectivity index (χ1) is 7.24. The molecule has 1 atom stereocenters. The molecule has 1 aromatic rings. The van der Waals surface area contributed by atoms with Crippen LogP contribution in [-0.4, -0.2) is 17.6 Å². The zero-order chi connectivity index (χ0) is 11.1. The molecule has 0 amide bonds. The Morgan fingerprint density at radius 3 is 2.53 bits per heavy atom. The second-order valence-corrected chi connectivity index (χ2v) is 2.68. The van der Waals surface area contributed by atoms with Crippen molar-refractivity contribution in [1.29, 1.82) is 0 Å². The van der Waals surface area contributed by atoms with E-state index in [0.29, 0.717) is 0 Å². The van der Waals surface area contributed by atoms with Crippen LogP contribution < -0.4 is 0 Å². The highest BCUT2D eigenvalue weighted by Crippen LogP contribution is 2.03. The fraction of sp³-hybridized carbons (Fsp3) is 0.100. The average molecular weight is 207 g/mol. The molecule has 1 aromatic carbocycles. The van der Waals surface area contributed by atoms with Gasteiger partial charge >= 0.3 is 6.23 Å². The van der Waals surface area contributed by atoms with Gasteiger partial charge in [0.05, 0.1) is 4.92 Å². The number of nitrogens with zero attached hydrogens (tertiary/aromatic N) is 1. The quantitative estimate of drug-likeness (QED) is 0.317. The molecule has 1 unspecified atom stereocenters. The first-order valence-corrected chi connectivity index (χ1v) is 4.20. The minimum atomic E-state index is -1.43. The van der Waals surface area contributed by atoms with Gasteiger partial charge < -0.3 is 4.74 Å². The molecule has 5 heteroatoms. The van der Waals surface area contributed by atoms with Crippen LogP contribution in [0.4, 0.5) is 0 Å². The standard InChI is InChI=1S/C10H9NO4/c12-8-15-10(11(13)14)7-6-9-4-2-1-3-5-9/h1-8,10H. The Morgan fingerprint density at radius 2 is 2.00 bits per heavy atom. The van der Waals surface area contributed by atoms with E-state index >= 15 is 0 Å². The Kier molecular flexibility index (Phi) is 4.03. The van der Waals surface area contributed by atoms with E-state index in [4.69, 9.17) is 0 Å². The Bertz CT molecular complexity index is 361. The van der Waals surface area contributed by atoms with Gasteiger partial charge in [0.25, 0.3) is 6.47 Å². The summed E-state index contributed by atoms with van der Waals surface area (Å²) in [7, 11) is 0. The molecule has 0 radical (unpaired) electrons. The lowest BCUT2D eigenvalue weighted by Gasteiger charge is -2.00. The van der Waals surface area contributed by atoms with E-state index in [2.05, 4.69) is 4.74 Å². The zero-order valence-electron chi connectivity index (χ0n) is 7.78. The minimum absolute atomic E-state index is 0.0583. The van der Waals surface area contributed by atoms with Crippen LogP contribution in [0.3, 0.4) is 0 Å². The van der Waals surface area contributed by atoms with Crippen molar-refractivity contribution >= 4 is 12.5 Å². The summed E-state index contributed by atoms with van der Waals surface area (Å²) in [6, 6.07) is 9.02. The number of hydrogen-bond acceptors (Lipinski definition) is 4. The van der Waals surface area contributed by atoms with Crippen molar-refractivity contribution in [2.75, 3.05) is 0 Å². The van der Waals surface area contributed by atoms with Crippen LogP contribution in [0.5, 0.6) is 0 Å². The van der Waals surface area contributed by atoms with E-state index in [0.717, 1.165) is 5.56 Å². The SMILES string of the molecule is O=COC(C=Cc1ccccc1)[N+](=O)[O-]. The van der Waals surface area contributed by atoms with Gasteiger partial charge in [0.15, 0.2) is 0 Å². The highest BCUT2D eigenvalue weighted by atomic mass is 16.7. The molecule has 0 saturated carbocycles. The summed E-state index contributed by atoms with van der Waals surface area (Å²) in [6.07, 6.45) is 1.31. The lowest BCUT2D eigenvalue weighted by Crippen LogP contribution is -2.19. The lowest BCUT2D eigenvalue weighted by atomic mass is 10.2. The molecule has 0 heterocycles. The van der Waals surface area contributed by atoms with E-state index in [9.17, 15) is 14.9 Å². The predicted molar refractivity (Wildman–Crippen MR) is 53.4 cm³/mol. The van der Waals surface area contributed by atoms with Crippen LogP contribution in [-0.2, 0) is 9.53 Å². The van der Waals surface area contributed by atoms with Crippen LogP contribution >= 0.6 is 0 Å². The largest absolute Gasteiger partial charge is 0.397 e. The van der Waals surface area contributed by atoms with E-state index in [1.807, 2.05) is 6.07 Å². The van der Waals surface area contributed by atoms with Crippen molar-refractivity contribution in [1.82, 2.24) is 0 Å². The first kappa shape index (κ1) is 10.9. The van der Waals surface area contributed by atoms with Gasteiger partial charge in [0.1, 0.15) is 0 Å². The third-order valence-electron chi connectivity index (χ3n) is 1.66. The number of hydrogen-bond donors (Lipinski definition) is 0. The van der Waals surface area contributed by atoms with Crippen LogP contribution in [0, 0.1) is 10.1 Å². The Balaban J connectivity index is 2.69. The average Bonchev–Trinajstić information content (AvgIpc) is 2.25. The van der Waals surface area contributed by atoms with Crippen LogP contribution in [0.1, 0.15) is 5.56 Å². The van der Waals surface area contributed by atoms with Gasteiger partial charge in [-0.2, -0.15) is 0 Å². The maximum absolute atomic E-state index is 10.4. The molecule has 0 N–H and O–H groups in total. The Labute approximate surface area is 86.1 Å². The molecule has 0 saturated heterocycles. The van der Waals surface area contributed by atoms with Crippen molar-refractivity contribution in [3.05, 3.63) is 52.1 Å². The molecule has 5 nitrogen and oxygen atoms in total. The summed E-state index contributed by atoms with van der Waals surface area (Å²) in [5, 5.41) is 10.4. The molecule has 0 aliphatic heterocycles. The predicted octanol–water partition coefficient (Wildman–Crippen LogP) is 1.48. The van der Waals surface area contributed by atoms with Gasteiger partial charge in [0, 0.05) is 6.08 Å². The molecule has 0 spiro atoms. The van der Waals surface area contributed by atoms with Crippen molar-refractivity contribution in [3.8, 4) is 0 Å². The molecule has 78 valence electrons. The Morgan fingerprint density at radius 1 is 1.33 bits per heavy atom. The molecule has 0 aliphatic rings. The summed E-state index contributed by atoms with van der Waals surface area (Å²) in [6.45, 7) is 0.0583. The van der Waals surface area contributed by atoms with Crippen LogP contribution in [0.15, 0.2) is 36.4 Å². The Hall–Kier alpha value is -2.17. The number of nitro groups is 1. The van der Waals surface area contributed by atoms with E-state index in [-0.39, 0.29) is 6.47 Å². The molecule has 1 rings (SSSR count). The van der Waals surface area contributed by atoms with E-state index < -0.39 is 11.2 Å². The molecule has 0 aliphatic carbocycles. The monoisotopic (exact) mass is 207 g/mol. The molecule has 0 bridgehead atoms. The first-order valence-electron chi connectivity index (χ1n) is 4.20. The summed E-state index contributed by atoms with van der Waals surface area (Å²) < 4.78 is 4.26. The van der Waals surface area contributed by atoms with Gasteiger partial charge in [0.2, 0.25) is 0 Å². The topological polar surface area (TPSA) is 69.4 Å². The third-order valence-corrected chi connectivity index (χ3v) is 1.66. The van der Waals surface area contributed by atoms with Crippen molar-refractivity contribution in [2.45, 2.75) is 6.23 Å². The molecule has 0 aromatic heterocycles. The summed E-state index contributed by atoms with van der Waals surface area (Å²) in [5.41, 5.74) is 0.804. The minimum Gasteiger partial charge on any atom is -0.397 e. The molecular formula is C10H9NO4. The smallest absolute Gasteiger partial charge is 0.376 e. The number of rotatable bonds is 5. The van der Waals surface area contributed by atoms with E-state index in [1.54, 1.807) is 24.3 Å². The fourth-order valence-corrected chi connectivity index (χ4v) is 0.980. The second-order valence-electron chi connectivity index (χ2n) is 2.68. The lowest BCUT2D eigenvalue weighted by molar-refractivity contribution is -0.551. The summed E-state index contributed by atoms with van der Waals surface area (Å²) >= 11 is 0. The van der Waals surface area contributed by atoms with Gasteiger partial charge in [-0.25, -0.2) is 0 Å². The maximum Gasteiger partial charge on any atom is 0.376 e. The highest BCUT2D eigenvalue weighted by molar-refractivity contribution is 5.49. The zero-order valence-corrected chi connectivity index (χ0v) is 7.78. The van der Waals surface area contributed by atoms with Crippen LogP contribution in [0.2, 0.25) is 0 Å². The van der Waals surface area contributed by atoms with Gasteiger partial charge in [-0.05, 0) is 11.6 Å². The number of carbonyl (C=O) groups excluding carboxylic acids is 1. The second kappa shape index (κ2) is 5.54. The maximum atomic E-state index is 10.4. The molecule has 15 heavy (non-hydrogen) atoms. The number of benzene rings is 1. The molecule has 0 fully saturated rings. The normalized spacial score (nSPS) is 12.3. The van der Waals surface area contributed by atoms with Crippen molar-refractivity contribution in [2.24, 2.45) is 0 Å². The summed E-state index contributed by atoms with van der Waals surface area (Å²) in [4.78, 5) is 19.7. The highest BCUT2D eigenvalue weighted by Gasteiger charge is 2.15. The molecular weight excluding hydrogens is 198 g/mol. The van der Waals surface area contributed by atoms with Gasteiger partial charge in [-0.3, -0.25) is 14.9 Å². The van der Waals surface area contributed by atoms with Crippen LogP contribution in [0.25, 0.3) is 6.08 Å². The van der Waals surface area contributed by atoms with Crippen molar-refractivity contribution in [3.63, 3.8) is 0 Å².